The standard InChI is InChI=1S/C19H24O6/c1-11(2)23-15-10-14-17(18(21)19(15)22-3)13(20)9-16(25-14)24-12-7-5-4-6-8-12/h9-12,21H,4-8H2,1-3H3. The molecule has 0 aliphatic heterocycles. The van der Waals surface area contributed by atoms with Gasteiger partial charge in [-0.05, 0) is 39.5 Å². The molecule has 6 heteroatoms. The first-order chi connectivity index (χ1) is 12.0. The van der Waals surface area contributed by atoms with Crippen molar-refractivity contribution in [3.8, 4) is 23.2 Å². The first-order valence-electron chi connectivity index (χ1n) is 8.70. The lowest BCUT2D eigenvalue weighted by Gasteiger charge is -2.22. The molecule has 6 nitrogen and oxygen atoms in total. The molecule has 1 heterocycles. The van der Waals surface area contributed by atoms with Crippen molar-refractivity contribution in [1.29, 1.82) is 0 Å². The van der Waals surface area contributed by atoms with Crippen molar-refractivity contribution in [1.82, 2.24) is 0 Å². The Morgan fingerprint density at radius 2 is 1.92 bits per heavy atom. The molecule has 0 bridgehead atoms. The third-order valence-corrected chi connectivity index (χ3v) is 4.29. The molecular weight excluding hydrogens is 324 g/mol. The summed E-state index contributed by atoms with van der Waals surface area (Å²) in [6.45, 7) is 3.72. The van der Waals surface area contributed by atoms with Crippen LogP contribution in [0.15, 0.2) is 21.3 Å². The van der Waals surface area contributed by atoms with E-state index in [0.29, 0.717) is 5.75 Å². The van der Waals surface area contributed by atoms with Gasteiger partial charge >= 0.3 is 0 Å². The van der Waals surface area contributed by atoms with Gasteiger partial charge in [-0.1, -0.05) is 6.42 Å². The topological polar surface area (TPSA) is 78.1 Å². The fraction of sp³-hybridized carbons (Fsp3) is 0.526. The molecule has 1 fully saturated rings. The van der Waals surface area contributed by atoms with E-state index in [4.69, 9.17) is 18.6 Å². The summed E-state index contributed by atoms with van der Waals surface area (Å²) < 4.78 is 22.4. The molecule has 0 saturated heterocycles. The van der Waals surface area contributed by atoms with E-state index < -0.39 is 0 Å². The minimum atomic E-state index is -0.376. The first kappa shape index (κ1) is 17.5. The van der Waals surface area contributed by atoms with Crippen molar-refractivity contribution in [2.24, 2.45) is 0 Å². The van der Waals surface area contributed by atoms with E-state index in [2.05, 4.69) is 0 Å². The second-order valence-corrected chi connectivity index (χ2v) is 6.60. The van der Waals surface area contributed by atoms with Gasteiger partial charge < -0.3 is 23.7 Å². The van der Waals surface area contributed by atoms with Crippen LogP contribution in [0.25, 0.3) is 11.0 Å². The van der Waals surface area contributed by atoms with E-state index in [1.54, 1.807) is 6.07 Å². The summed E-state index contributed by atoms with van der Waals surface area (Å²) in [5.41, 5.74) is -0.161. The first-order valence-corrected chi connectivity index (χ1v) is 8.70. The van der Waals surface area contributed by atoms with Crippen LogP contribution in [0.2, 0.25) is 0 Å². The van der Waals surface area contributed by atoms with E-state index >= 15 is 0 Å². The Kier molecular flexibility index (Phi) is 5.06. The zero-order valence-corrected chi connectivity index (χ0v) is 14.8. The molecule has 0 atom stereocenters. The number of phenolic OH excluding ortho intramolecular Hbond substituents is 1. The Bertz CT molecular complexity index is 802. The van der Waals surface area contributed by atoms with E-state index in [9.17, 15) is 9.90 Å². The summed E-state index contributed by atoms with van der Waals surface area (Å²) in [5, 5.41) is 10.5. The molecule has 0 unspecified atom stereocenters. The van der Waals surface area contributed by atoms with Crippen LogP contribution in [0, 0.1) is 0 Å². The Morgan fingerprint density at radius 3 is 2.56 bits per heavy atom. The van der Waals surface area contributed by atoms with Crippen molar-refractivity contribution < 1.29 is 23.7 Å². The number of methoxy groups -OCH3 is 1. The zero-order valence-electron chi connectivity index (χ0n) is 14.8. The molecule has 0 spiro atoms. The molecule has 1 saturated carbocycles. The SMILES string of the molecule is COc1c(OC(C)C)cc2oc(OC3CCCCC3)cc(=O)c2c1O. The third-order valence-electron chi connectivity index (χ3n) is 4.29. The highest BCUT2D eigenvalue weighted by atomic mass is 16.6. The average molecular weight is 348 g/mol. The Morgan fingerprint density at radius 1 is 1.20 bits per heavy atom. The molecular formula is C19H24O6. The molecule has 3 rings (SSSR count). The van der Waals surface area contributed by atoms with Crippen molar-refractivity contribution in [3.63, 3.8) is 0 Å². The quantitative estimate of drug-likeness (QED) is 0.880. The van der Waals surface area contributed by atoms with Gasteiger partial charge in [0.15, 0.2) is 11.5 Å². The minimum absolute atomic E-state index is 0.0592. The Labute approximate surface area is 146 Å². The zero-order chi connectivity index (χ0) is 18.0. The predicted molar refractivity (Wildman–Crippen MR) is 94.0 cm³/mol. The van der Waals surface area contributed by atoms with Crippen LogP contribution in [-0.2, 0) is 0 Å². The lowest BCUT2D eigenvalue weighted by molar-refractivity contribution is 0.121. The van der Waals surface area contributed by atoms with Crippen LogP contribution in [0.4, 0.5) is 0 Å². The average Bonchev–Trinajstić information content (AvgIpc) is 2.55. The number of fused-ring (bicyclic) bond motifs is 1. The molecule has 0 amide bonds. The normalized spacial score (nSPS) is 15.5. The van der Waals surface area contributed by atoms with Gasteiger partial charge in [0, 0.05) is 6.07 Å². The van der Waals surface area contributed by atoms with E-state index in [1.165, 1.54) is 19.6 Å². The third kappa shape index (κ3) is 3.67. The van der Waals surface area contributed by atoms with Crippen LogP contribution in [0.1, 0.15) is 46.0 Å². The van der Waals surface area contributed by atoms with Crippen molar-refractivity contribution in [2.45, 2.75) is 58.2 Å². The summed E-state index contributed by atoms with van der Waals surface area (Å²) in [5.74, 6) is 0.327. The van der Waals surface area contributed by atoms with Gasteiger partial charge in [-0.25, -0.2) is 0 Å². The summed E-state index contributed by atoms with van der Waals surface area (Å²) in [6, 6.07) is 2.84. The van der Waals surface area contributed by atoms with Crippen LogP contribution >= 0.6 is 0 Å². The monoisotopic (exact) mass is 348 g/mol. The molecule has 0 radical (unpaired) electrons. The molecule has 2 aromatic rings. The largest absolute Gasteiger partial charge is 0.504 e. The van der Waals surface area contributed by atoms with Gasteiger partial charge in [0.2, 0.25) is 11.2 Å². The highest BCUT2D eigenvalue weighted by Gasteiger charge is 2.22. The summed E-state index contributed by atoms with van der Waals surface area (Å²) >= 11 is 0. The fourth-order valence-electron chi connectivity index (χ4n) is 3.18. The summed E-state index contributed by atoms with van der Waals surface area (Å²) in [7, 11) is 1.41. The maximum absolute atomic E-state index is 12.5. The van der Waals surface area contributed by atoms with Gasteiger partial charge in [0.25, 0.3) is 5.95 Å². The molecule has 25 heavy (non-hydrogen) atoms. The highest BCUT2D eigenvalue weighted by Crippen LogP contribution is 2.42. The Balaban J connectivity index is 2.04. The second kappa shape index (κ2) is 7.25. The highest BCUT2D eigenvalue weighted by molar-refractivity contribution is 5.88. The number of rotatable bonds is 5. The van der Waals surface area contributed by atoms with E-state index in [0.717, 1.165) is 25.7 Å². The maximum atomic E-state index is 12.5. The molecule has 1 aromatic heterocycles. The van der Waals surface area contributed by atoms with Gasteiger partial charge in [0.1, 0.15) is 17.1 Å². The Hall–Kier alpha value is -2.37. The van der Waals surface area contributed by atoms with E-state index in [-0.39, 0.29) is 46.1 Å². The van der Waals surface area contributed by atoms with E-state index in [1.807, 2.05) is 13.8 Å². The predicted octanol–water partition coefficient (Wildman–Crippen LogP) is 4.01. The molecule has 136 valence electrons. The second-order valence-electron chi connectivity index (χ2n) is 6.60. The number of ether oxygens (including phenoxy) is 3. The number of phenols is 1. The van der Waals surface area contributed by atoms with Crippen LogP contribution < -0.4 is 19.6 Å². The van der Waals surface area contributed by atoms with Crippen LogP contribution in [0.3, 0.4) is 0 Å². The fourth-order valence-corrected chi connectivity index (χ4v) is 3.18. The smallest absolute Gasteiger partial charge is 0.289 e. The lowest BCUT2D eigenvalue weighted by Crippen LogP contribution is -2.20. The number of benzene rings is 1. The van der Waals surface area contributed by atoms with Crippen LogP contribution in [-0.4, -0.2) is 24.4 Å². The number of hydrogen-bond donors (Lipinski definition) is 1. The molecule has 1 aliphatic rings. The molecule has 1 aliphatic carbocycles. The van der Waals surface area contributed by atoms with Gasteiger partial charge in [-0.3, -0.25) is 4.79 Å². The van der Waals surface area contributed by atoms with Gasteiger partial charge in [-0.15, -0.1) is 0 Å². The number of hydrogen-bond acceptors (Lipinski definition) is 6. The molecule has 1 N–H and O–H groups in total. The molecule has 1 aromatic carbocycles. The maximum Gasteiger partial charge on any atom is 0.289 e. The summed E-state index contributed by atoms with van der Waals surface area (Å²) in [6.07, 6.45) is 5.30. The van der Waals surface area contributed by atoms with Crippen molar-refractivity contribution >= 4 is 11.0 Å². The van der Waals surface area contributed by atoms with Crippen LogP contribution in [0.5, 0.6) is 23.2 Å². The minimum Gasteiger partial charge on any atom is -0.504 e. The number of aromatic hydroxyl groups is 1. The van der Waals surface area contributed by atoms with Gasteiger partial charge in [-0.2, -0.15) is 0 Å². The summed E-state index contributed by atoms with van der Waals surface area (Å²) in [4.78, 5) is 12.5. The van der Waals surface area contributed by atoms with Crippen molar-refractivity contribution in [2.75, 3.05) is 7.11 Å². The van der Waals surface area contributed by atoms with Crippen molar-refractivity contribution in [3.05, 3.63) is 22.4 Å². The lowest BCUT2D eigenvalue weighted by atomic mass is 9.98. The van der Waals surface area contributed by atoms with Gasteiger partial charge in [0.05, 0.1) is 19.3 Å².